The number of amides is 2. The first-order chi connectivity index (χ1) is 17.2. The summed E-state index contributed by atoms with van der Waals surface area (Å²) in [4.78, 5) is 53.7. The zero-order valence-electron chi connectivity index (χ0n) is 18.7. The van der Waals surface area contributed by atoms with Crippen LogP contribution in [-0.4, -0.2) is 89.2 Å². The van der Waals surface area contributed by atoms with E-state index < -0.39 is 47.4 Å². The molecular weight excluding hydrogens is 514 g/mol. The third-order valence-electron chi connectivity index (χ3n) is 5.47. The van der Waals surface area contributed by atoms with E-state index in [0.29, 0.717) is 11.1 Å². The van der Waals surface area contributed by atoms with Crippen molar-refractivity contribution in [2.24, 2.45) is 0 Å². The van der Waals surface area contributed by atoms with Crippen molar-refractivity contribution in [3.8, 4) is 0 Å². The Labute approximate surface area is 212 Å². The number of aliphatic carboxylic acids is 2. The number of H-pyrrole nitrogens is 1. The Morgan fingerprint density at radius 1 is 1.31 bits per heavy atom. The molecule has 1 fully saturated rings. The van der Waals surface area contributed by atoms with Crippen LogP contribution in [0.1, 0.15) is 23.6 Å². The van der Waals surface area contributed by atoms with Gasteiger partial charge in [0.2, 0.25) is 6.10 Å². The van der Waals surface area contributed by atoms with Gasteiger partial charge in [-0.2, -0.15) is 5.10 Å². The number of aromatic nitrogens is 3. The van der Waals surface area contributed by atoms with E-state index in [0.717, 1.165) is 16.7 Å². The second-order valence-electron chi connectivity index (χ2n) is 7.71. The van der Waals surface area contributed by atoms with E-state index >= 15 is 0 Å². The smallest absolute Gasteiger partial charge is 0.352 e. The molecule has 2 aliphatic heterocycles. The number of benzene rings is 1. The normalized spacial score (nSPS) is 20.8. The lowest BCUT2D eigenvalue weighted by molar-refractivity contribution is -0.151. The topological polar surface area (TPSA) is 195 Å². The molecule has 13 nitrogen and oxygen atoms in total. The van der Waals surface area contributed by atoms with Crippen LogP contribution in [0.4, 0.5) is 0 Å². The van der Waals surface area contributed by atoms with Crippen LogP contribution in [0.2, 0.25) is 0 Å². The average molecular weight is 536 g/mol. The molecule has 3 unspecified atom stereocenters. The number of carboxylic acid groups (broad SMARTS) is 2. The van der Waals surface area contributed by atoms with E-state index in [9.17, 15) is 29.4 Å². The molecule has 3 heterocycles. The van der Waals surface area contributed by atoms with Crippen LogP contribution in [0, 0.1) is 0 Å². The minimum Gasteiger partial charge on any atom is -0.479 e. The van der Waals surface area contributed by atoms with Crippen molar-refractivity contribution in [1.29, 1.82) is 0 Å². The summed E-state index contributed by atoms with van der Waals surface area (Å²) < 4.78 is 4.84. The number of ether oxygens (including phenoxy) is 1. The van der Waals surface area contributed by atoms with Crippen LogP contribution in [-0.2, 0) is 23.9 Å². The van der Waals surface area contributed by atoms with Crippen molar-refractivity contribution >= 4 is 47.3 Å². The number of nitrogens with one attached hydrogen (secondary N) is 2. The molecule has 1 aromatic heterocycles. The van der Waals surface area contributed by atoms with Gasteiger partial charge in [0.1, 0.15) is 17.1 Å². The molecule has 0 aliphatic carbocycles. The highest BCUT2D eigenvalue weighted by Gasteiger charge is 2.54. The number of nitrogens with zero attached hydrogens (tertiary/aromatic N) is 3. The van der Waals surface area contributed by atoms with E-state index in [1.165, 1.54) is 18.9 Å². The van der Waals surface area contributed by atoms with Crippen LogP contribution in [0.3, 0.4) is 0 Å². The van der Waals surface area contributed by atoms with Crippen molar-refractivity contribution in [3.05, 3.63) is 53.0 Å². The molecule has 4 atom stereocenters. The molecule has 0 bridgehead atoms. The number of carbonyl (C=O) groups excluding carboxylic acids is 2. The van der Waals surface area contributed by atoms with Gasteiger partial charge in [0, 0.05) is 18.6 Å². The Balaban J connectivity index is 1.43. The number of carbonyl (C=O) groups is 4. The van der Waals surface area contributed by atoms with E-state index in [-0.39, 0.29) is 28.2 Å². The summed E-state index contributed by atoms with van der Waals surface area (Å²) in [6.07, 6.45) is -2.81. The highest BCUT2D eigenvalue weighted by atomic mass is 32.2. The number of β-lactam (4-membered cyclic amide) rings is 1. The minimum absolute atomic E-state index is 0.0767. The Morgan fingerprint density at radius 3 is 2.67 bits per heavy atom. The first kappa shape index (κ1) is 25.7. The van der Waals surface area contributed by atoms with Gasteiger partial charge in [-0.1, -0.05) is 42.1 Å². The average Bonchev–Trinajstić information content (AvgIpc) is 3.33. The standard InChI is InChI=1S/C21H21N5O8S2/c1-34-14(20(32)33)15-23-21(25-24-15)36-8-10-7-35-18-11(17(29)26(18)12(10)19(30)31)22-16(28)13(27)9-5-3-2-4-6-9/h2-6,11,13-14,18,27H,7-8H2,1H3,(H,22,28)(H,30,31)(H,32,33)(H,23,24,25)/t11?,13?,14?,18-/m0/s1. The highest BCUT2D eigenvalue weighted by molar-refractivity contribution is 8.01. The van der Waals surface area contributed by atoms with Crippen molar-refractivity contribution in [1.82, 2.24) is 25.4 Å². The van der Waals surface area contributed by atoms with Gasteiger partial charge in [0.05, 0.1) is 0 Å². The van der Waals surface area contributed by atoms with Crippen molar-refractivity contribution in [2.75, 3.05) is 18.6 Å². The fourth-order valence-electron chi connectivity index (χ4n) is 3.73. The van der Waals surface area contributed by atoms with Gasteiger partial charge < -0.3 is 25.4 Å². The Kier molecular flexibility index (Phi) is 7.63. The molecule has 1 saturated heterocycles. The zero-order valence-corrected chi connectivity index (χ0v) is 20.3. The number of hydrogen-bond acceptors (Lipinski definition) is 10. The number of thioether (sulfide) groups is 2. The number of aliphatic hydroxyl groups excluding tert-OH is 1. The molecule has 1 aromatic carbocycles. The van der Waals surface area contributed by atoms with Crippen molar-refractivity contribution in [3.63, 3.8) is 0 Å². The number of fused-ring (bicyclic) bond motifs is 1. The second-order valence-corrected chi connectivity index (χ2v) is 9.78. The monoisotopic (exact) mass is 535 g/mol. The third kappa shape index (κ3) is 4.95. The number of aromatic amines is 1. The SMILES string of the molecule is COC(C(=O)O)c1n[nH]c(SCC2=C(C(=O)O)N3C(=O)C(NC(=O)C(O)c4ccccc4)[C@@H]3SC2)n1. The van der Waals surface area contributed by atoms with E-state index in [2.05, 4.69) is 20.5 Å². The summed E-state index contributed by atoms with van der Waals surface area (Å²) in [5.74, 6) is -3.55. The largest absolute Gasteiger partial charge is 0.479 e. The van der Waals surface area contributed by atoms with Crippen molar-refractivity contribution < 1.29 is 39.2 Å². The predicted octanol–water partition coefficient (Wildman–Crippen LogP) is 0.141. The maximum atomic E-state index is 12.8. The van der Waals surface area contributed by atoms with Gasteiger partial charge in [0.15, 0.2) is 17.1 Å². The molecule has 36 heavy (non-hydrogen) atoms. The van der Waals surface area contributed by atoms with Crippen LogP contribution in [0.15, 0.2) is 46.8 Å². The Bertz CT molecular complexity index is 1220. The molecule has 5 N–H and O–H groups in total. The summed E-state index contributed by atoms with van der Waals surface area (Å²) >= 11 is 2.38. The van der Waals surface area contributed by atoms with Crippen molar-refractivity contribution in [2.45, 2.75) is 28.8 Å². The Hall–Kier alpha value is -3.40. The first-order valence-corrected chi connectivity index (χ1v) is 12.5. The number of hydrogen-bond donors (Lipinski definition) is 5. The molecule has 0 saturated carbocycles. The highest BCUT2D eigenvalue weighted by Crippen LogP contribution is 2.41. The lowest BCUT2D eigenvalue weighted by Gasteiger charge is -2.49. The fourth-order valence-corrected chi connectivity index (χ4v) is 6.02. The molecule has 15 heteroatoms. The van der Waals surface area contributed by atoms with Gasteiger partial charge in [-0.15, -0.1) is 11.8 Å². The third-order valence-corrected chi connectivity index (χ3v) is 7.76. The maximum Gasteiger partial charge on any atom is 0.352 e. The fraction of sp³-hybridized carbons (Fsp3) is 0.333. The maximum absolute atomic E-state index is 12.8. The van der Waals surface area contributed by atoms with Gasteiger partial charge in [-0.05, 0) is 11.1 Å². The van der Waals surface area contributed by atoms with Crippen LogP contribution < -0.4 is 5.32 Å². The number of methoxy groups -OCH3 is 1. The molecule has 0 radical (unpaired) electrons. The molecular formula is C21H21N5O8S2. The molecule has 0 spiro atoms. The van der Waals surface area contributed by atoms with Gasteiger partial charge >= 0.3 is 11.9 Å². The Morgan fingerprint density at radius 2 is 2.03 bits per heavy atom. The van der Waals surface area contributed by atoms with Gasteiger partial charge in [-0.3, -0.25) is 19.6 Å². The lowest BCUT2D eigenvalue weighted by atomic mass is 10.0. The number of carboxylic acids is 2. The van der Waals surface area contributed by atoms with Crippen LogP contribution in [0.25, 0.3) is 0 Å². The minimum atomic E-state index is -1.46. The summed E-state index contributed by atoms with van der Waals surface area (Å²) in [5.41, 5.74) is 0.650. The second kappa shape index (κ2) is 10.7. The number of aliphatic hydroxyl groups is 1. The van der Waals surface area contributed by atoms with E-state index in [1.807, 2.05) is 0 Å². The quantitative estimate of drug-likeness (QED) is 0.204. The molecule has 2 aliphatic rings. The summed E-state index contributed by atoms with van der Waals surface area (Å²) in [6, 6.07) is 7.28. The summed E-state index contributed by atoms with van der Waals surface area (Å²) in [6.45, 7) is 0. The lowest BCUT2D eigenvalue weighted by Crippen LogP contribution is -2.70. The molecule has 190 valence electrons. The summed E-state index contributed by atoms with van der Waals surface area (Å²) in [5, 5.41) is 37.8. The predicted molar refractivity (Wildman–Crippen MR) is 126 cm³/mol. The molecule has 2 amide bonds. The number of rotatable bonds is 10. The van der Waals surface area contributed by atoms with E-state index in [4.69, 9.17) is 9.84 Å². The summed E-state index contributed by atoms with van der Waals surface area (Å²) in [7, 11) is 1.21. The van der Waals surface area contributed by atoms with Gasteiger partial charge in [0.25, 0.3) is 11.8 Å². The molecule has 4 rings (SSSR count). The zero-order chi connectivity index (χ0) is 26.0. The van der Waals surface area contributed by atoms with Gasteiger partial charge in [-0.25, -0.2) is 14.6 Å². The molecule has 2 aromatic rings. The van der Waals surface area contributed by atoms with Crippen LogP contribution in [0.5, 0.6) is 0 Å². The van der Waals surface area contributed by atoms with Crippen LogP contribution >= 0.6 is 23.5 Å². The first-order valence-electron chi connectivity index (χ1n) is 10.5. The van der Waals surface area contributed by atoms with E-state index in [1.54, 1.807) is 30.3 Å².